The van der Waals surface area contributed by atoms with Crippen molar-refractivity contribution in [2.24, 2.45) is 11.3 Å². The lowest BCUT2D eigenvalue weighted by Crippen LogP contribution is -2.60. The van der Waals surface area contributed by atoms with Crippen molar-refractivity contribution in [3.05, 3.63) is 42.4 Å². The number of aliphatic hydroxyl groups is 1. The molecule has 1 aromatic carbocycles. The number of hydrogen-bond donors (Lipinski definition) is 1. The van der Waals surface area contributed by atoms with Crippen LogP contribution in [0.3, 0.4) is 0 Å². The molecular formula is C20H22N4O3S. The number of nitrogens with zero attached hydrogens (tertiary/aromatic N) is 4. The minimum atomic E-state index is -3.51. The summed E-state index contributed by atoms with van der Waals surface area (Å²) in [5.41, 5.74) is 3.27. The van der Waals surface area contributed by atoms with Gasteiger partial charge >= 0.3 is 0 Å². The summed E-state index contributed by atoms with van der Waals surface area (Å²) < 4.78 is 27.8. The van der Waals surface area contributed by atoms with Crippen LogP contribution in [0, 0.1) is 22.7 Å². The topological polar surface area (TPSA) is 99.2 Å². The zero-order valence-electron chi connectivity index (χ0n) is 15.4. The van der Waals surface area contributed by atoms with Crippen LogP contribution in [-0.2, 0) is 10.0 Å². The van der Waals surface area contributed by atoms with Gasteiger partial charge in [-0.3, -0.25) is 0 Å². The van der Waals surface area contributed by atoms with Crippen molar-refractivity contribution < 1.29 is 13.5 Å². The Morgan fingerprint density at radius 2 is 2.04 bits per heavy atom. The lowest BCUT2D eigenvalue weighted by atomic mass is 9.53. The van der Waals surface area contributed by atoms with Gasteiger partial charge in [-0.1, -0.05) is 24.3 Å². The van der Waals surface area contributed by atoms with E-state index in [9.17, 15) is 13.5 Å². The number of hydrogen-bond acceptors (Lipinski definition) is 5. The third-order valence-corrected chi connectivity index (χ3v) is 8.61. The summed E-state index contributed by atoms with van der Waals surface area (Å²) in [6.45, 7) is 0.761. The van der Waals surface area contributed by atoms with Gasteiger partial charge in [0.25, 0.3) is 0 Å². The third-order valence-electron chi connectivity index (χ3n) is 6.96. The highest BCUT2D eigenvalue weighted by molar-refractivity contribution is 7.89. The second kappa shape index (κ2) is 6.14. The molecule has 5 rings (SSSR count). The monoisotopic (exact) mass is 398 g/mol. The smallest absolute Gasteiger partial charge is 0.227 e. The maximum atomic E-state index is 12.1. The summed E-state index contributed by atoms with van der Waals surface area (Å²) >= 11 is 0. The number of aromatic nitrogens is 2. The Kier molecular flexibility index (Phi) is 3.92. The minimum Gasteiger partial charge on any atom is -0.392 e. The summed E-state index contributed by atoms with van der Waals surface area (Å²) in [4.78, 5) is 4.30. The van der Waals surface area contributed by atoms with Crippen molar-refractivity contribution in [1.29, 1.82) is 5.26 Å². The summed E-state index contributed by atoms with van der Waals surface area (Å²) in [6.07, 6.45) is 5.39. The molecule has 1 saturated heterocycles. The van der Waals surface area contributed by atoms with E-state index >= 15 is 0 Å². The number of imidazole rings is 1. The van der Waals surface area contributed by atoms with Crippen molar-refractivity contribution in [2.75, 3.05) is 18.8 Å². The SMILES string of the molecule is N#CCS(=O)(=O)N1CCC2(CC1)CC([C@H]1c3ccccc3-c3cncn31)C2O. The Labute approximate surface area is 164 Å². The van der Waals surface area contributed by atoms with Gasteiger partial charge in [0, 0.05) is 24.6 Å². The van der Waals surface area contributed by atoms with Gasteiger partial charge in [0.2, 0.25) is 10.0 Å². The lowest BCUT2D eigenvalue weighted by Gasteiger charge is -2.57. The van der Waals surface area contributed by atoms with E-state index in [0.29, 0.717) is 25.9 Å². The number of fused-ring (bicyclic) bond motifs is 3. The van der Waals surface area contributed by atoms with Gasteiger partial charge in [-0.2, -0.15) is 5.26 Å². The van der Waals surface area contributed by atoms with Gasteiger partial charge in [-0.15, -0.1) is 0 Å². The van der Waals surface area contributed by atoms with Gasteiger partial charge in [-0.25, -0.2) is 17.7 Å². The van der Waals surface area contributed by atoms with Crippen molar-refractivity contribution in [3.63, 3.8) is 0 Å². The van der Waals surface area contributed by atoms with Crippen LogP contribution >= 0.6 is 0 Å². The highest BCUT2D eigenvalue weighted by Gasteiger charge is 2.58. The van der Waals surface area contributed by atoms with E-state index < -0.39 is 21.9 Å². The lowest BCUT2D eigenvalue weighted by molar-refractivity contribution is -0.152. The van der Waals surface area contributed by atoms with Crippen molar-refractivity contribution >= 4 is 10.0 Å². The highest BCUT2D eigenvalue weighted by Crippen LogP contribution is 2.59. The molecule has 1 spiro atoms. The Balaban J connectivity index is 1.35. The third kappa shape index (κ3) is 2.40. The van der Waals surface area contributed by atoms with Crippen molar-refractivity contribution in [3.8, 4) is 17.3 Å². The number of nitriles is 1. The van der Waals surface area contributed by atoms with E-state index in [-0.39, 0.29) is 17.4 Å². The molecule has 2 aliphatic heterocycles. The normalized spacial score (nSPS) is 28.4. The summed E-state index contributed by atoms with van der Waals surface area (Å²) in [5, 5.41) is 19.9. The first-order chi connectivity index (χ1) is 13.5. The molecule has 146 valence electrons. The largest absolute Gasteiger partial charge is 0.392 e. The zero-order valence-corrected chi connectivity index (χ0v) is 16.2. The predicted molar refractivity (Wildman–Crippen MR) is 103 cm³/mol. The van der Waals surface area contributed by atoms with Gasteiger partial charge < -0.3 is 9.67 Å². The van der Waals surface area contributed by atoms with E-state index in [1.165, 1.54) is 15.4 Å². The Morgan fingerprint density at radius 1 is 1.29 bits per heavy atom. The maximum absolute atomic E-state index is 12.1. The van der Waals surface area contributed by atoms with Crippen LogP contribution in [0.4, 0.5) is 0 Å². The van der Waals surface area contributed by atoms with Crippen LogP contribution in [-0.4, -0.2) is 52.3 Å². The second-order valence-electron chi connectivity index (χ2n) is 8.21. The molecule has 3 heterocycles. The molecule has 2 aromatic rings. The average Bonchev–Trinajstić information content (AvgIpc) is 3.27. The molecule has 0 bridgehead atoms. The fourth-order valence-corrected chi connectivity index (χ4v) is 6.56. The molecule has 1 aliphatic carbocycles. The standard InChI is InChI=1S/C20H22N4O3S/c21-7-10-28(26,27)23-8-5-20(6-9-23)11-16(19(20)25)18-15-4-2-1-3-14(15)17-12-22-13-24(17)18/h1-4,12-13,16,18-19,25H,5-6,8-11H2/t16?,18-,19?/m1/s1. The Hall–Kier alpha value is -2.21. The molecule has 8 heteroatoms. The van der Waals surface area contributed by atoms with Crippen LogP contribution in [0.2, 0.25) is 0 Å². The number of benzene rings is 1. The fraction of sp³-hybridized carbons (Fsp3) is 0.500. The number of rotatable bonds is 3. The van der Waals surface area contributed by atoms with Crippen LogP contribution in [0.15, 0.2) is 36.8 Å². The molecule has 2 fully saturated rings. The van der Waals surface area contributed by atoms with Crippen molar-refractivity contribution in [2.45, 2.75) is 31.4 Å². The fourth-order valence-electron chi connectivity index (χ4n) is 5.47. The molecule has 7 nitrogen and oxygen atoms in total. The van der Waals surface area contributed by atoms with Crippen LogP contribution < -0.4 is 0 Å². The molecule has 28 heavy (non-hydrogen) atoms. The molecular weight excluding hydrogens is 376 g/mol. The van der Waals surface area contributed by atoms with Gasteiger partial charge in [0.15, 0.2) is 5.75 Å². The molecule has 3 aliphatic rings. The Bertz CT molecular complexity index is 1060. The van der Waals surface area contributed by atoms with Gasteiger partial charge in [0.05, 0.1) is 36.4 Å². The van der Waals surface area contributed by atoms with E-state index in [0.717, 1.165) is 12.1 Å². The van der Waals surface area contributed by atoms with Crippen LogP contribution in [0.1, 0.15) is 30.9 Å². The molecule has 0 amide bonds. The number of piperidine rings is 1. The number of aliphatic hydroxyl groups excluding tert-OH is 1. The average molecular weight is 398 g/mol. The summed E-state index contributed by atoms with van der Waals surface area (Å²) in [5.74, 6) is -0.383. The van der Waals surface area contributed by atoms with E-state index in [1.807, 2.05) is 24.7 Å². The first kappa shape index (κ1) is 17.9. The quantitative estimate of drug-likeness (QED) is 0.849. The van der Waals surface area contributed by atoms with Gasteiger partial charge in [0.1, 0.15) is 0 Å². The number of sulfonamides is 1. The zero-order chi connectivity index (χ0) is 19.5. The van der Waals surface area contributed by atoms with Crippen LogP contribution in [0.5, 0.6) is 0 Å². The molecule has 3 atom stereocenters. The maximum Gasteiger partial charge on any atom is 0.227 e. The first-order valence-corrected chi connectivity index (χ1v) is 11.2. The molecule has 2 unspecified atom stereocenters. The van der Waals surface area contributed by atoms with E-state index in [4.69, 9.17) is 5.26 Å². The molecule has 0 radical (unpaired) electrons. The minimum absolute atomic E-state index is 0.0784. The predicted octanol–water partition coefficient (Wildman–Crippen LogP) is 1.77. The summed E-state index contributed by atoms with van der Waals surface area (Å²) in [7, 11) is -3.51. The molecule has 1 N–H and O–H groups in total. The van der Waals surface area contributed by atoms with E-state index in [1.54, 1.807) is 6.07 Å². The molecule has 1 aromatic heterocycles. The molecule has 1 saturated carbocycles. The van der Waals surface area contributed by atoms with E-state index in [2.05, 4.69) is 21.7 Å². The first-order valence-electron chi connectivity index (χ1n) is 9.61. The second-order valence-corrected chi connectivity index (χ2v) is 10.2. The Morgan fingerprint density at radius 3 is 2.75 bits per heavy atom. The summed E-state index contributed by atoms with van der Waals surface area (Å²) in [6, 6.07) is 10.1. The van der Waals surface area contributed by atoms with Gasteiger partial charge in [-0.05, 0) is 30.2 Å². The van der Waals surface area contributed by atoms with Crippen LogP contribution in [0.25, 0.3) is 11.3 Å². The highest BCUT2D eigenvalue weighted by atomic mass is 32.2. The van der Waals surface area contributed by atoms with Crippen molar-refractivity contribution in [1.82, 2.24) is 13.9 Å².